The summed E-state index contributed by atoms with van der Waals surface area (Å²) in [5.41, 5.74) is -0.465. The molecular formula is C15H22FN3O2. The molecule has 5 nitrogen and oxygen atoms in total. The molecule has 1 amide bonds. The van der Waals surface area contributed by atoms with E-state index in [9.17, 15) is 9.18 Å². The molecule has 1 fully saturated rings. The van der Waals surface area contributed by atoms with E-state index in [4.69, 9.17) is 4.74 Å². The van der Waals surface area contributed by atoms with E-state index >= 15 is 0 Å². The molecule has 0 saturated carbocycles. The Hall–Kier alpha value is -1.69. The Morgan fingerprint density at radius 1 is 1.62 bits per heavy atom. The Kier molecular flexibility index (Phi) is 4.77. The predicted octanol–water partition coefficient (Wildman–Crippen LogP) is 2.34. The van der Waals surface area contributed by atoms with Crippen molar-refractivity contribution in [2.75, 3.05) is 18.5 Å². The molecule has 0 spiro atoms. The second kappa shape index (κ2) is 6.39. The van der Waals surface area contributed by atoms with Gasteiger partial charge in [0.1, 0.15) is 0 Å². The van der Waals surface area contributed by atoms with E-state index < -0.39 is 17.3 Å². The molecule has 2 atom stereocenters. The molecule has 1 aromatic heterocycles. The maximum atomic E-state index is 14.3. The Labute approximate surface area is 124 Å². The van der Waals surface area contributed by atoms with Crippen molar-refractivity contribution in [3.8, 4) is 0 Å². The van der Waals surface area contributed by atoms with E-state index in [1.54, 1.807) is 0 Å². The number of hydrogen-bond acceptors (Lipinski definition) is 4. The van der Waals surface area contributed by atoms with Crippen LogP contribution in [-0.4, -0.2) is 35.7 Å². The van der Waals surface area contributed by atoms with Crippen molar-refractivity contribution in [1.29, 1.82) is 0 Å². The average molecular weight is 295 g/mol. The maximum absolute atomic E-state index is 14.3. The number of carbonyl (C=O) groups is 1. The third kappa shape index (κ3) is 3.32. The minimum Gasteiger partial charge on any atom is -0.376 e. The van der Waals surface area contributed by atoms with Crippen molar-refractivity contribution in [3.63, 3.8) is 0 Å². The smallest absolute Gasteiger partial charge is 0.254 e. The van der Waals surface area contributed by atoms with Gasteiger partial charge in [-0.2, -0.15) is 0 Å². The Morgan fingerprint density at radius 2 is 2.38 bits per heavy atom. The van der Waals surface area contributed by atoms with E-state index in [2.05, 4.69) is 15.6 Å². The van der Waals surface area contributed by atoms with Crippen molar-refractivity contribution in [3.05, 3.63) is 23.6 Å². The number of carbonyl (C=O) groups excluding carboxylic acids is 1. The van der Waals surface area contributed by atoms with Crippen LogP contribution in [0.4, 0.5) is 10.2 Å². The van der Waals surface area contributed by atoms with E-state index in [1.165, 1.54) is 12.3 Å². The van der Waals surface area contributed by atoms with E-state index in [0.717, 1.165) is 6.42 Å². The summed E-state index contributed by atoms with van der Waals surface area (Å²) >= 11 is 0. The van der Waals surface area contributed by atoms with E-state index in [0.29, 0.717) is 19.6 Å². The van der Waals surface area contributed by atoms with Gasteiger partial charge in [0.25, 0.3) is 5.91 Å². The fraction of sp³-hybridized carbons (Fsp3) is 0.600. The van der Waals surface area contributed by atoms with Crippen LogP contribution in [0.15, 0.2) is 12.3 Å². The Morgan fingerprint density at radius 3 is 3.00 bits per heavy atom. The van der Waals surface area contributed by atoms with Crippen LogP contribution in [0.25, 0.3) is 0 Å². The number of nitrogens with one attached hydrogen (secondary N) is 2. The summed E-state index contributed by atoms with van der Waals surface area (Å²) < 4.78 is 19.8. The molecule has 0 aliphatic carbocycles. The summed E-state index contributed by atoms with van der Waals surface area (Å²) in [6.07, 6.45) is 2.91. The van der Waals surface area contributed by atoms with Crippen LogP contribution in [0.1, 0.15) is 44.0 Å². The van der Waals surface area contributed by atoms with Crippen molar-refractivity contribution in [2.45, 2.75) is 45.3 Å². The molecule has 1 aromatic rings. The summed E-state index contributed by atoms with van der Waals surface area (Å²) in [4.78, 5) is 16.3. The van der Waals surface area contributed by atoms with Crippen LogP contribution in [0.2, 0.25) is 0 Å². The molecule has 0 radical (unpaired) electrons. The first kappa shape index (κ1) is 15.7. The molecule has 2 rings (SSSR count). The zero-order chi connectivity index (χ0) is 15.5. The van der Waals surface area contributed by atoms with Crippen molar-refractivity contribution in [2.24, 2.45) is 0 Å². The van der Waals surface area contributed by atoms with Crippen molar-refractivity contribution >= 4 is 11.7 Å². The Bertz CT molecular complexity index is 524. The second-order valence-electron chi connectivity index (χ2n) is 5.58. The number of rotatable bonds is 5. The maximum Gasteiger partial charge on any atom is 0.254 e. The third-order valence-corrected chi connectivity index (χ3v) is 3.96. The van der Waals surface area contributed by atoms with Gasteiger partial charge in [-0.25, -0.2) is 9.37 Å². The highest BCUT2D eigenvalue weighted by atomic mass is 19.1. The number of nitrogens with zero attached hydrogens (tertiary/aromatic N) is 1. The molecule has 1 aliphatic heterocycles. The van der Waals surface area contributed by atoms with Gasteiger partial charge in [-0.1, -0.05) is 6.92 Å². The highest BCUT2D eigenvalue weighted by Gasteiger charge is 2.38. The first-order valence-corrected chi connectivity index (χ1v) is 7.30. The number of aromatic nitrogens is 1. The minimum atomic E-state index is -0.612. The lowest BCUT2D eigenvalue weighted by Gasteiger charge is -2.29. The van der Waals surface area contributed by atoms with Crippen molar-refractivity contribution < 1.29 is 13.9 Å². The summed E-state index contributed by atoms with van der Waals surface area (Å²) in [6.45, 7) is 7.00. The number of halogens is 1. The molecule has 6 heteroatoms. The standard InChI is InChI=1S/C15H22FN3O2/c1-4-7-17-13-12(16)11(5-8-18-13)14(20)19-15(3)6-9-21-10(15)2/h5,8,10H,4,6-7,9H2,1-3H3,(H,17,18)(H,19,20). The highest BCUT2D eigenvalue weighted by Crippen LogP contribution is 2.26. The quantitative estimate of drug-likeness (QED) is 0.875. The monoisotopic (exact) mass is 295 g/mol. The topological polar surface area (TPSA) is 63.2 Å². The van der Waals surface area contributed by atoms with Gasteiger partial charge in [-0.05, 0) is 32.8 Å². The third-order valence-electron chi connectivity index (χ3n) is 3.96. The van der Waals surface area contributed by atoms with Gasteiger partial charge >= 0.3 is 0 Å². The molecule has 2 heterocycles. The summed E-state index contributed by atoms with van der Waals surface area (Å²) in [6, 6.07) is 1.39. The predicted molar refractivity (Wildman–Crippen MR) is 78.9 cm³/mol. The molecule has 2 unspecified atom stereocenters. The van der Waals surface area contributed by atoms with E-state index in [-0.39, 0.29) is 17.5 Å². The largest absolute Gasteiger partial charge is 0.376 e. The SMILES string of the molecule is CCCNc1nccc(C(=O)NC2(C)CCOC2C)c1F. The molecular weight excluding hydrogens is 273 g/mol. The number of hydrogen-bond donors (Lipinski definition) is 2. The molecule has 1 aliphatic rings. The normalized spacial score (nSPS) is 24.9. The lowest BCUT2D eigenvalue weighted by molar-refractivity contribution is 0.0724. The van der Waals surface area contributed by atoms with Gasteiger partial charge < -0.3 is 15.4 Å². The summed E-state index contributed by atoms with van der Waals surface area (Å²) in [5, 5.41) is 5.76. The van der Waals surface area contributed by atoms with Crippen LogP contribution < -0.4 is 10.6 Å². The van der Waals surface area contributed by atoms with Gasteiger partial charge in [0.15, 0.2) is 11.6 Å². The van der Waals surface area contributed by atoms with Gasteiger partial charge in [0, 0.05) is 19.3 Å². The van der Waals surface area contributed by atoms with Gasteiger partial charge in [0.2, 0.25) is 0 Å². The van der Waals surface area contributed by atoms with Crippen LogP contribution in [0, 0.1) is 5.82 Å². The van der Waals surface area contributed by atoms with Gasteiger partial charge in [0.05, 0.1) is 17.2 Å². The molecule has 116 valence electrons. The zero-order valence-electron chi connectivity index (χ0n) is 12.7. The van der Waals surface area contributed by atoms with Crippen LogP contribution in [0.3, 0.4) is 0 Å². The zero-order valence-corrected chi connectivity index (χ0v) is 12.7. The van der Waals surface area contributed by atoms with Gasteiger partial charge in [-0.3, -0.25) is 4.79 Å². The minimum absolute atomic E-state index is 0.00364. The first-order valence-electron chi connectivity index (χ1n) is 7.30. The number of ether oxygens (including phenoxy) is 1. The molecule has 1 saturated heterocycles. The molecule has 0 bridgehead atoms. The average Bonchev–Trinajstić information content (AvgIpc) is 2.77. The van der Waals surface area contributed by atoms with E-state index in [1.807, 2.05) is 20.8 Å². The molecule has 0 aromatic carbocycles. The fourth-order valence-corrected chi connectivity index (χ4v) is 2.31. The van der Waals surface area contributed by atoms with Gasteiger partial charge in [-0.15, -0.1) is 0 Å². The number of pyridine rings is 1. The van der Waals surface area contributed by atoms with Crippen LogP contribution >= 0.6 is 0 Å². The Balaban J connectivity index is 2.16. The second-order valence-corrected chi connectivity index (χ2v) is 5.58. The summed E-state index contributed by atoms with van der Waals surface area (Å²) in [7, 11) is 0. The van der Waals surface area contributed by atoms with Crippen LogP contribution in [0.5, 0.6) is 0 Å². The number of anilines is 1. The highest BCUT2D eigenvalue weighted by molar-refractivity contribution is 5.95. The lowest BCUT2D eigenvalue weighted by Crippen LogP contribution is -2.50. The summed E-state index contributed by atoms with van der Waals surface area (Å²) in [5.74, 6) is -0.932. The molecule has 21 heavy (non-hydrogen) atoms. The van der Waals surface area contributed by atoms with Crippen molar-refractivity contribution in [1.82, 2.24) is 10.3 Å². The lowest BCUT2D eigenvalue weighted by atomic mass is 9.94. The molecule has 2 N–H and O–H groups in total. The number of amides is 1. The fourth-order valence-electron chi connectivity index (χ4n) is 2.31. The first-order chi connectivity index (χ1) is 9.98. The van der Waals surface area contributed by atoms with Crippen LogP contribution in [-0.2, 0) is 4.74 Å².